The number of carbonyl (C=O) groups excluding carboxylic acids is 1. The van der Waals surface area contributed by atoms with Crippen LogP contribution in [-0.2, 0) is 10.2 Å². The summed E-state index contributed by atoms with van der Waals surface area (Å²) in [5.74, 6) is 0.337. The van der Waals surface area contributed by atoms with E-state index >= 15 is 0 Å². The Morgan fingerprint density at radius 1 is 1.22 bits per heavy atom. The van der Waals surface area contributed by atoms with E-state index in [0.29, 0.717) is 11.1 Å². The maximum Gasteiger partial charge on any atom is 0.417 e. The topological polar surface area (TPSA) is 87.6 Å². The first-order chi connectivity index (χ1) is 15.1. The molecule has 2 aliphatic rings. The van der Waals surface area contributed by atoms with Crippen molar-refractivity contribution >= 4 is 30.5 Å². The zero-order valence-corrected chi connectivity index (χ0v) is 19.1. The first kappa shape index (κ1) is 22.5. The molecule has 1 saturated carbocycles. The number of fused-ring (bicyclic) bond motifs is 1. The Morgan fingerprint density at radius 2 is 2.00 bits per heavy atom. The maximum atomic E-state index is 13.5. The van der Waals surface area contributed by atoms with Gasteiger partial charge in [-0.05, 0) is 74.2 Å². The fourth-order valence-corrected chi connectivity index (χ4v) is 4.63. The molecule has 2 fully saturated rings. The lowest BCUT2D eigenvalue weighted by Gasteiger charge is -2.27. The number of nitrogens with one attached hydrogen (secondary N) is 2. The molecule has 170 valence electrons. The van der Waals surface area contributed by atoms with E-state index in [2.05, 4.69) is 15.2 Å². The van der Waals surface area contributed by atoms with Crippen molar-refractivity contribution < 1.29 is 13.9 Å². The van der Waals surface area contributed by atoms with Crippen LogP contribution in [0, 0.1) is 0 Å². The predicted molar refractivity (Wildman–Crippen MR) is 128 cm³/mol. The monoisotopic (exact) mass is 455 g/mol. The zero-order valence-electron chi connectivity index (χ0n) is 18.1. The molecule has 1 saturated heterocycles. The Morgan fingerprint density at radius 3 is 2.72 bits per heavy atom. The van der Waals surface area contributed by atoms with Crippen LogP contribution in [0.4, 0.5) is 0 Å². The Labute approximate surface area is 193 Å². The summed E-state index contributed by atoms with van der Waals surface area (Å²) >= 11 is 0. The van der Waals surface area contributed by atoms with Gasteiger partial charge in [0.15, 0.2) is 5.58 Å². The van der Waals surface area contributed by atoms with Crippen LogP contribution in [-0.4, -0.2) is 42.5 Å². The van der Waals surface area contributed by atoms with Gasteiger partial charge in [-0.3, -0.25) is 9.78 Å². The van der Waals surface area contributed by atoms with E-state index < -0.39 is 11.2 Å². The smallest absolute Gasteiger partial charge is 0.417 e. The third-order valence-corrected chi connectivity index (χ3v) is 6.60. The lowest BCUT2D eigenvalue weighted by molar-refractivity contribution is -0.124. The van der Waals surface area contributed by atoms with Crippen molar-refractivity contribution in [2.24, 2.45) is 0 Å². The van der Waals surface area contributed by atoms with Gasteiger partial charge in [-0.2, -0.15) is 13.5 Å². The van der Waals surface area contributed by atoms with Crippen molar-refractivity contribution in [3.8, 4) is 5.75 Å². The highest BCUT2D eigenvalue weighted by Crippen LogP contribution is 2.49. The van der Waals surface area contributed by atoms with Gasteiger partial charge in [-0.25, -0.2) is 4.79 Å². The number of benzene rings is 2. The van der Waals surface area contributed by atoms with Crippen molar-refractivity contribution in [1.29, 1.82) is 0 Å². The number of nitrogens with zero attached hydrogens (tertiary/aromatic N) is 1. The van der Waals surface area contributed by atoms with Crippen LogP contribution in [0.15, 0.2) is 51.7 Å². The number of amides is 1. The van der Waals surface area contributed by atoms with Gasteiger partial charge in [-0.15, -0.1) is 0 Å². The molecule has 1 amide bonds. The van der Waals surface area contributed by atoms with Crippen LogP contribution in [0.1, 0.15) is 42.9 Å². The number of aromatic amines is 1. The highest BCUT2D eigenvalue weighted by Gasteiger charge is 2.52. The van der Waals surface area contributed by atoms with Gasteiger partial charge in [0.05, 0.1) is 24.1 Å². The summed E-state index contributed by atoms with van der Waals surface area (Å²) < 4.78 is 10.5. The van der Waals surface area contributed by atoms with Crippen LogP contribution >= 0.6 is 13.5 Å². The molecule has 3 aromatic rings. The molecule has 0 spiro atoms. The largest absolute Gasteiger partial charge is 0.497 e. The summed E-state index contributed by atoms with van der Waals surface area (Å²) in [6, 6.07) is 13.3. The van der Waals surface area contributed by atoms with Crippen molar-refractivity contribution in [3.63, 3.8) is 0 Å². The Hall–Kier alpha value is -2.71. The van der Waals surface area contributed by atoms with Gasteiger partial charge in [0.1, 0.15) is 5.75 Å². The van der Waals surface area contributed by atoms with Gasteiger partial charge in [0, 0.05) is 6.54 Å². The highest BCUT2D eigenvalue weighted by molar-refractivity contribution is 7.59. The fourth-order valence-electron chi connectivity index (χ4n) is 4.63. The average molecular weight is 456 g/mol. The van der Waals surface area contributed by atoms with E-state index in [1.807, 2.05) is 36.4 Å². The number of ether oxygens (including phenoxy) is 1. The highest BCUT2D eigenvalue weighted by atomic mass is 32.1. The van der Waals surface area contributed by atoms with Crippen molar-refractivity contribution in [2.75, 3.05) is 26.7 Å². The number of oxazole rings is 1. The number of H-pyrrole nitrogens is 1. The van der Waals surface area contributed by atoms with Crippen molar-refractivity contribution in [1.82, 2.24) is 15.2 Å². The summed E-state index contributed by atoms with van der Waals surface area (Å²) in [6.45, 7) is 2.90. The van der Waals surface area contributed by atoms with Crippen LogP contribution in [0.25, 0.3) is 11.1 Å². The van der Waals surface area contributed by atoms with E-state index in [4.69, 9.17) is 9.15 Å². The SMILES string of the molecule is COc1cccc([C@@H](CN2CCCC2)NC(=O)C2(c3ccc4oc(=O)[nH]c4c3)CC2)c1.S. The number of hydrogen-bond donors (Lipinski definition) is 2. The number of likely N-dealkylation sites (tertiary alicyclic amines) is 1. The molecule has 1 aliphatic carbocycles. The predicted octanol–water partition coefficient (Wildman–Crippen LogP) is 3.23. The maximum absolute atomic E-state index is 13.5. The van der Waals surface area contributed by atoms with Crippen LogP contribution in [0.3, 0.4) is 0 Å². The molecule has 0 radical (unpaired) electrons. The summed E-state index contributed by atoms with van der Waals surface area (Å²) in [5.41, 5.74) is 2.55. The molecular formula is C24H29N3O4S. The molecule has 2 N–H and O–H groups in total. The Balaban J connectivity index is 0.00000245. The Bertz CT molecular complexity index is 1160. The third kappa shape index (κ3) is 4.29. The van der Waals surface area contributed by atoms with Gasteiger partial charge >= 0.3 is 5.76 Å². The summed E-state index contributed by atoms with van der Waals surface area (Å²) in [6.07, 6.45) is 3.99. The fraction of sp³-hybridized carbons (Fsp3) is 0.417. The molecule has 5 rings (SSSR count). The lowest BCUT2D eigenvalue weighted by Crippen LogP contribution is -2.41. The number of aromatic nitrogens is 1. The van der Waals surface area contributed by atoms with Gasteiger partial charge in [-0.1, -0.05) is 18.2 Å². The molecule has 1 atom stereocenters. The van der Waals surface area contributed by atoms with Crippen LogP contribution in [0.5, 0.6) is 5.75 Å². The number of rotatable bonds is 7. The molecule has 0 unspecified atom stereocenters. The lowest BCUT2D eigenvalue weighted by atomic mass is 9.93. The first-order valence-corrected chi connectivity index (χ1v) is 10.9. The van der Waals surface area contributed by atoms with Gasteiger partial charge < -0.3 is 19.4 Å². The molecule has 0 bridgehead atoms. The minimum Gasteiger partial charge on any atom is -0.497 e. The van der Waals surface area contributed by atoms with Gasteiger partial charge in [0.25, 0.3) is 0 Å². The molecule has 1 aromatic heterocycles. The second-order valence-corrected chi connectivity index (χ2v) is 8.62. The summed E-state index contributed by atoms with van der Waals surface area (Å²) in [7, 11) is 1.66. The summed E-state index contributed by atoms with van der Waals surface area (Å²) in [4.78, 5) is 30.1. The quantitative estimate of drug-likeness (QED) is 0.571. The van der Waals surface area contributed by atoms with E-state index in [9.17, 15) is 9.59 Å². The molecule has 8 heteroatoms. The molecule has 2 aromatic carbocycles. The Kier molecular flexibility index (Phi) is 6.35. The van der Waals surface area contributed by atoms with Crippen molar-refractivity contribution in [2.45, 2.75) is 37.1 Å². The summed E-state index contributed by atoms with van der Waals surface area (Å²) in [5, 5.41) is 3.33. The standard InChI is InChI=1S/C24H27N3O4.H2S/c1-30-18-6-4-5-16(13-18)20(15-27-11-2-3-12-27)25-22(28)24(9-10-24)17-7-8-21-19(14-17)26-23(29)31-21;/h4-8,13-14,20H,2-3,9-12,15H2,1H3,(H,25,28)(H,26,29);1H2/t20-;/m1./s1. The van der Waals surface area contributed by atoms with Crippen LogP contribution < -0.4 is 15.8 Å². The number of methoxy groups -OCH3 is 1. The number of hydrogen-bond acceptors (Lipinski definition) is 5. The van der Waals surface area contributed by atoms with Crippen LogP contribution in [0.2, 0.25) is 0 Å². The number of carbonyl (C=O) groups is 1. The molecular weight excluding hydrogens is 426 g/mol. The average Bonchev–Trinajstić information content (AvgIpc) is 3.27. The normalized spacial score (nSPS) is 18.2. The van der Waals surface area contributed by atoms with E-state index in [0.717, 1.165) is 49.4 Å². The minimum atomic E-state index is -0.551. The van der Waals surface area contributed by atoms with Gasteiger partial charge in [0.2, 0.25) is 5.91 Å². The molecule has 32 heavy (non-hydrogen) atoms. The molecule has 7 nitrogen and oxygen atoms in total. The van der Waals surface area contributed by atoms with E-state index in [-0.39, 0.29) is 25.4 Å². The van der Waals surface area contributed by atoms with Crippen molar-refractivity contribution in [3.05, 3.63) is 64.1 Å². The second kappa shape index (κ2) is 9.03. The molecule has 1 aliphatic heterocycles. The minimum absolute atomic E-state index is 0. The van der Waals surface area contributed by atoms with E-state index in [1.165, 1.54) is 12.8 Å². The van der Waals surface area contributed by atoms with E-state index in [1.54, 1.807) is 13.2 Å². The first-order valence-electron chi connectivity index (χ1n) is 10.9. The zero-order chi connectivity index (χ0) is 21.4. The second-order valence-electron chi connectivity index (χ2n) is 8.62. The molecule has 2 heterocycles. The third-order valence-electron chi connectivity index (χ3n) is 6.60.